The molecule has 3 heteroatoms. The van der Waals surface area contributed by atoms with Gasteiger partial charge in [-0.3, -0.25) is 0 Å². The van der Waals surface area contributed by atoms with Crippen LogP contribution in [-0.2, 0) is 19.8 Å². The first-order chi connectivity index (χ1) is 4.70. The molecular formula is C10H14Br2Os. The van der Waals surface area contributed by atoms with Crippen LogP contribution in [0.5, 0.6) is 0 Å². The summed E-state index contributed by atoms with van der Waals surface area (Å²) in [6.45, 7) is 6.54. The third kappa shape index (κ3) is 6.83. The van der Waals surface area contributed by atoms with Gasteiger partial charge in [-0.15, -0.1) is 0 Å². The van der Waals surface area contributed by atoms with E-state index in [1.807, 2.05) is 0 Å². The topological polar surface area (TPSA) is 0 Å². The fourth-order valence-corrected chi connectivity index (χ4v) is 0.951. The van der Waals surface area contributed by atoms with Gasteiger partial charge in [0.25, 0.3) is 0 Å². The Labute approximate surface area is 115 Å². The van der Waals surface area contributed by atoms with Gasteiger partial charge in [-0.05, 0) is 18.4 Å². The molecule has 0 atom stereocenters. The van der Waals surface area contributed by atoms with Crippen molar-refractivity contribution in [3.05, 3.63) is 35.4 Å². The van der Waals surface area contributed by atoms with Gasteiger partial charge in [0.15, 0.2) is 0 Å². The van der Waals surface area contributed by atoms with Crippen molar-refractivity contribution in [2.45, 2.75) is 26.7 Å². The van der Waals surface area contributed by atoms with Crippen molar-refractivity contribution in [2.24, 2.45) is 0 Å². The van der Waals surface area contributed by atoms with Gasteiger partial charge in [-0.2, -0.15) is 0 Å². The number of aryl methyl sites for hydroxylation is 1. The fourth-order valence-electron chi connectivity index (χ4n) is 0.951. The minimum Gasteiger partial charge on any atom is -1.00 e. The van der Waals surface area contributed by atoms with Crippen LogP contribution in [0.1, 0.15) is 30.9 Å². The smallest absolute Gasteiger partial charge is 1.00 e. The Morgan fingerprint density at radius 2 is 1.31 bits per heavy atom. The van der Waals surface area contributed by atoms with E-state index in [4.69, 9.17) is 0 Å². The van der Waals surface area contributed by atoms with Crippen LogP contribution in [-0.4, -0.2) is 0 Å². The van der Waals surface area contributed by atoms with Crippen molar-refractivity contribution in [3.8, 4) is 0 Å². The number of rotatable bonds is 1. The maximum Gasteiger partial charge on any atom is 2.00 e. The summed E-state index contributed by atoms with van der Waals surface area (Å²) in [6.07, 6.45) is 0. The molecule has 76 valence electrons. The van der Waals surface area contributed by atoms with Crippen LogP contribution in [0.2, 0.25) is 0 Å². The molecule has 0 N–H and O–H groups in total. The summed E-state index contributed by atoms with van der Waals surface area (Å²) in [5.41, 5.74) is 2.76. The largest absolute Gasteiger partial charge is 2.00 e. The number of halogens is 2. The second-order valence-electron chi connectivity index (χ2n) is 3.07. The zero-order chi connectivity index (χ0) is 7.56. The summed E-state index contributed by atoms with van der Waals surface area (Å²) in [5.74, 6) is 0.653. The summed E-state index contributed by atoms with van der Waals surface area (Å²) in [5, 5.41) is 0. The molecule has 0 bridgehead atoms. The molecule has 0 amide bonds. The Hall–Kier alpha value is 0.816. The van der Waals surface area contributed by atoms with E-state index in [1.54, 1.807) is 0 Å². The summed E-state index contributed by atoms with van der Waals surface area (Å²) in [6, 6.07) is 8.71. The number of hydrogen-bond donors (Lipinski definition) is 0. The van der Waals surface area contributed by atoms with E-state index in [9.17, 15) is 0 Å². The second-order valence-corrected chi connectivity index (χ2v) is 3.07. The summed E-state index contributed by atoms with van der Waals surface area (Å²) in [4.78, 5) is 0. The molecule has 0 spiro atoms. The molecular weight excluding hydrogens is 470 g/mol. The molecule has 0 heterocycles. The quantitative estimate of drug-likeness (QED) is 0.402. The van der Waals surface area contributed by atoms with E-state index in [1.165, 1.54) is 11.1 Å². The number of hydrogen-bond acceptors (Lipinski definition) is 0. The Balaban J connectivity index is -0.000000333. The molecule has 0 aliphatic rings. The minimum absolute atomic E-state index is 0. The molecule has 1 aromatic carbocycles. The molecule has 0 aromatic heterocycles. The van der Waals surface area contributed by atoms with Crippen LogP contribution >= 0.6 is 0 Å². The van der Waals surface area contributed by atoms with Gasteiger partial charge in [-0.1, -0.05) is 43.7 Å². The van der Waals surface area contributed by atoms with Crippen molar-refractivity contribution in [2.75, 3.05) is 0 Å². The van der Waals surface area contributed by atoms with Gasteiger partial charge in [0.05, 0.1) is 0 Å². The van der Waals surface area contributed by atoms with Crippen LogP contribution in [0.25, 0.3) is 0 Å². The van der Waals surface area contributed by atoms with E-state index in [0.717, 1.165) is 0 Å². The molecule has 0 nitrogen and oxygen atoms in total. The average molecular weight is 484 g/mol. The molecule has 0 saturated heterocycles. The van der Waals surface area contributed by atoms with Crippen molar-refractivity contribution in [1.82, 2.24) is 0 Å². The fraction of sp³-hybridized carbons (Fsp3) is 0.400. The van der Waals surface area contributed by atoms with Gasteiger partial charge in [-0.25, -0.2) is 0 Å². The van der Waals surface area contributed by atoms with Gasteiger partial charge >= 0.3 is 19.8 Å². The Morgan fingerprint density at radius 3 is 1.62 bits per heavy atom. The van der Waals surface area contributed by atoms with Crippen LogP contribution < -0.4 is 34.0 Å². The first-order valence-corrected chi connectivity index (χ1v) is 3.76. The molecule has 13 heavy (non-hydrogen) atoms. The normalized spacial score (nSPS) is 8.00. The summed E-state index contributed by atoms with van der Waals surface area (Å²) < 4.78 is 0. The van der Waals surface area contributed by atoms with Crippen molar-refractivity contribution in [1.29, 1.82) is 0 Å². The Bertz CT molecular complexity index is 207. The van der Waals surface area contributed by atoms with Crippen LogP contribution in [0.4, 0.5) is 0 Å². The Kier molecular flexibility index (Phi) is 14.0. The minimum atomic E-state index is 0. The molecule has 0 aliphatic heterocycles. The average Bonchev–Trinajstić information content (AvgIpc) is 1.88. The predicted molar refractivity (Wildman–Crippen MR) is 45.3 cm³/mol. The van der Waals surface area contributed by atoms with E-state index in [0.29, 0.717) is 5.92 Å². The van der Waals surface area contributed by atoms with Gasteiger partial charge < -0.3 is 34.0 Å². The standard InChI is InChI=1S/C10H14.2BrH.Os/c1-8(2)10-6-4-9(3)5-7-10;;;/h4-8H,1-3H3;2*1H;/q;;;+2/p-2. The van der Waals surface area contributed by atoms with Crippen molar-refractivity contribution >= 4 is 0 Å². The van der Waals surface area contributed by atoms with Crippen molar-refractivity contribution < 1.29 is 53.8 Å². The van der Waals surface area contributed by atoms with E-state index in [-0.39, 0.29) is 53.8 Å². The first kappa shape index (κ1) is 19.4. The van der Waals surface area contributed by atoms with Crippen molar-refractivity contribution in [3.63, 3.8) is 0 Å². The van der Waals surface area contributed by atoms with E-state index >= 15 is 0 Å². The van der Waals surface area contributed by atoms with Gasteiger partial charge in [0, 0.05) is 0 Å². The predicted octanol–water partition coefficient (Wildman–Crippen LogP) is -2.88. The van der Waals surface area contributed by atoms with Crippen LogP contribution in [0.3, 0.4) is 0 Å². The Morgan fingerprint density at radius 1 is 0.923 bits per heavy atom. The third-order valence-corrected chi connectivity index (χ3v) is 1.74. The zero-order valence-electron chi connectivity index (χ0n) is 8.00. The van der Waals surface area contributed by atoms with Crippen LogP contribution in [0, 0.1) is 6.92 Å². The van der Waals surface area contributed by atoms with Crippen LogP contribution in [0.15, 0.2) is 24.3 Å². The van der Waals surface area contributed by atoms with E-state index in [2.05, 4.69) is 45.0 Å². The molecule has 0 saturated carbocycles. The summed E-state index contributed by atoms with van der Waals surface area (Å²) >= 11 is 0. The monoisotopic (exact) mass is 484 g/mol. The molecule has 0 fully saturated rings. The van der Waals surface area contributed by atoms with Gasteiger partial charge in [0.1, 0.15) is 0 Å². The molecule has 0 unspecified atom stereocenters. The second kappa shape index (κ2) is 9.37. The SMILES string of the molecule is Cc1ccc(C(C)C)cc1.[Br-].[Br-].[Os+2]. The van der Waals surface area contributed by atoms with E-state index < -0.39 is 0 Å². The zero-order valence-corrected chi connectivity index (χ0v) is 13.7. The number of benzene rings is 1. The van der Waals surface area contributed by atoms with Gasteiger partial charge in [0.2, 0.25) is 0 Å². The molecule has 0 radical (unpaired) electrons. The molecule has 1 rings (SSSR count). The first-order valence-electron chi connectivity index (χ1n) is 3.76. The molecule has 1 aromatic rings. The maximum atomic E-state index is 2.21. The maximum absolute atomic E-state index is 2.21. The molecule has 0 aliphatic carbocycles. The summed E-state index contributed by atoms with van der Waals surface area (Å²) in [7, 11) is 0. The third-order valence-electron chi connectivity index (χ3n) is 1.74.